The number of nitrogens with zero attached hydrogens (tertiary/aromatic N) is 1. The fourth-order valence-electron chi connectivity index (χ4n) is 1.73. The first kappa shape index (κ1) is 17.1. The van der Waals surface area contributed by atoms with E-state index >= 15 is 0 Å². The quantitative estimate of drug-likeness (QED) is 0.341. The molecular formula is C10H10F8NP. The van der Waals surface area contributed by atoms with Gasteiger partial charge < -0.3 is 0 Å². The van der Waals surface area contributed by atoms with Crippen LogP contribution in [0.5, 0.6) is 0 Å². The van der Waals surface area contributed by atoms with Crippen molar-refractivity contribution in [2.45, 2.75) is 13.8 Å². The average molecular weight is 327 g/mol. The first-order chi connectivity index (χ1) is 8.98. The predicted octanol–water partition coefficient (Wildman–Crippen LogP) is 4.47. The Hall–Kier alpha value is -0.950. The Balaban J connectivity index is 3.78. The molecule has 0 radical (unpaired) electrons. The third-order valence-electron chi connectivity index (χ3n) is 2.73. The first-order valence-electron chi connectivity index (χ1n) is 5.42. The van der Waals surface area contributed by atoms with Gasteiger partial charge in [-0.1, -0.05) is 0 Å². The molecule has 0 spiro atoms. The van der Waals surface area contributed by atoms with Crippen molar-refractivity contribution < 1.29 is 34.5 Å². The Kier molecular flexibility index (Phi) is 4.37. The third kappa shape index (κ3) is 2.37. The maximum atomic E-state index is 14.0. The second-order valence-corrected chi connectivity index (χ2v) is 6.39. The van der Waals surface area contributed by atoms with E-state index in [1.807, 2.05) is 0 Å². The summed E-state index contributed by atoms with van der Waals surface area (Å²) in [6.07, 6.45) is 0. The third-order valence-corrected chi connectivity index (χ3v) is 5.32. The molecule has 116 valence electrons. The second kappa shape index (κ2) is 5.11. The molecule has 0 fully saturated rings. The number of hydrogen-bond acceptors (Lipinski definition) is 1. The van der Waals surface area contributed by atoms with Crippen LogP contribution in [0.15, 0.2) is 0 Å². The van der Waals surface area contributed by atoms with Crippen LogP contribution in [0.25, 0.3) is 0 Å². The molecule has 0 atom stereocenters. The molecule has 0 aliphatic heterocycles. The minimum atomic E-state index is -7.93. The molecule has 0 aliphatic carbocycles. The molecule has 0 heterocycles. The first-order valence-corrected chi connectivity index (χ1v) is 7.28. The molecule has 1 nitrogen and oxygen atoms in total. The van der Waals surface area contributed by atoms with Crippen molar-refractivity contribution >= 4 is 13.0 Å². The van der Waals surface area contributed by atoms with Gasteiger partial charge in [0, 0.05) is 0 Å². The van der Waals surface area contributed by atoms with Gasteiger partial charge in [-0.15, -0.1) is 0 Å². The normalized spacial score (nSPS) is 14.4. The van der Waals surface area contributed by atoms with Gasteiger partial charge in [0.15, 0.2) is 0 Å². The van der Waals surface area contributed by atoms with E-state index in [0.717, 1.165) is 13.8 Å². The van der Waals surface area contributed by atoms with Crippen LogP contribution in [0.4, 0.5) is 34.5 Å². The van der Waals surface area contributed by atoms with Gasteiger partial charge in [-0.25, -0.2) is 0 Å². The maximum absolute atomic E-state index is 14.0. The molecule has 10 heteroatoms. The van der Waals surface area contributed by atoms with Crippen LogP contribution in [0.2, 0.25) is 0 Å². The number of hydrogen-bond donors (Lipinski definition) is 0. The Morgan fingerprint density at radius 3 is 1.30 bits per heavy atom. The summed E-state index contributed by atoms with van der Waals surface area (Å²) in [4.78, 5) is 0. The zero-order chi connectivity index (χ0) is 15.9. The molecule has 0 saturated heterocycles. The predicted molar refractivity (Wildman–Crippen MR) is 59.0 cm³/mol. The molecule has 0 aliphatic rings. The summed E-state index contributed by atoms with van der Waals surface area (Å²) < 4.78 is 107. The average Bonchev–Trinajstić information content (AvgIpc) is 2.34. The summed E-state index contributed by atoms with van der Waals surface area (Å²) in [5, 5.41) is -2.68. The van der Waals surface area contributed by atoms with Gasteiger partial charge in [0.05, 0.1) is 0 Å². The van der Waals surface area contributed by atoms with Gasteiger partial charge in [-0.2, -0.15) is 0 Å². The van der Waals surface area contributed by atoms with Crippen molar-refractivity contribution in [1.82, 2.24) is 4.67 Å². The molecule has 0 N–H and O–H groups in total. The molecule has 0 unspecified atom stereocenters. The van der Waals surface area contributed by atoms with E-state index in [9.17, 15) is 34.5 Å². The molecule has 0 aromatic heterocycles. The number of rotatable bonds is 4. The topological polar surface area (TPSA) is 3.24 Å². The van der Waals surface area contributed by atoms with Crippen LogP contribution in [0.1, 0.15) is 13.8 Å². The van der Waals surface area contributed by atoms with Crippen LogP contribution in [-0.2, 0) is 0 Å². The summed E-state index contributed by atoms with van der Waals surface area (Å²) >= 11 is 0. The Morgan fingerprint density at radius 1 is 0.700 bits per heavy atom. The summed E-state index contributed by atoms with van der Waals surface area (Å²) in [7, 11) is -7.93. The monoisotopic (exact) mass is 327 g/mol. The van der Waals surface area contributed by atoms with Crippen LogP contribution in [0, 0.1) is 29.1 Å². The van der Waals surface area contributed by atoms with Crippen molar-refractivity contribution in [3.63, 3.8) is 0 Å². The summed E-state index contributed by atoms with van der Waals surface area (Å²) in [6.45, 7) is 0.792. The van der Waals surface area contributed by atoms with Gasteiger partial charge in [0.2, 0.25) is 0 Å². The van der Waals surface area contributed by atoms with E-state index in [2.05, 4.69) is 0 Å². The minimum absolute atomic E-state index is 0.232. The standard InChI is InChI=1S/C10H10F8NP/c1-3-19(4-2)20(16,17,18)10-8(14)6(12)5(11)7(13)9(10)15/h3-4H2,1-2H3. The molecule has 1 rings (SSSR count). The van der Waals surface area contributed by atoms with Crippen molar-refractivity contribution in [3.05, 3.63) is 29.1 Å². The zero-order valence-corrected chi connectivity index (χ0v) is 11.2. The Labute approximate surface area is 109 Å². The molecular weight excluding hydrogens is 317 g/mol. The Morgan fingerprint density at radius 2 is 1.00 bits per heavy atom. The van der Waals surface area contributed by atoms with E-state index in [0.29, 0.717) is 0 Å². The van der Waals surface area contributed by atoms with Crippen molar-refractivity contribution in [2.75, 3.05) is 13.1 Å². The molecule has 1 aromatic rings. The van der Waals surface area contributed by atoms with Crippen LogP contribution < -0.4 is 5.30 Å². The number of benzene rings is 1. The summed E-state index contributed by atoms with van der Waals surface area (Å²) in [6, 6.07) is 0. The SMILES string of the molecule is CCN(CC)P(F)(F)(F)c1c(F)c(F)c(F)c(F)c1F. The fourth-order valence-corrected chi connectivity index (χ4v) is 3.76. The van der Waals surface area contributed by atoms with Crippen molar-refractivity contribution in [2.24, 2.45) is 0 Å². The molecule has 1 aromatic carbocycles. The zero-order valence-electron chi connectivity index (χ0n) is 10.3. The van der Waals surface area contributed by atoms with Gasteiger partial charge in [0.25, 0.3) is 0 Å². The van der Waals surface area contributed by atoms with Crippen molar-refractivity contribution in [3.8, 4) is 0 Å². The molecule has 0 amide bonds. The second-order valence-electron chi connectivity index (χ2n) is 3.83. The number of halogens is 8. The summed E-state index contributed by atoms with van der Waals surface area (Å²) in [5.41, 5.74) is 0. The van der Waals surface area contributed by atoms with Gasteiger partial charge in [-0.05, 0) is 0 Å². The van der Waals surface area contributed by atoms with Crippen LogP contribution >= 0.6 is 7.69 Å². The van der Waals surface area contributed by atoms with Gasteiger partial charge in [0.1, 0.15) is 0 Å². The van der Waals surface area contributed by atoms with Crippen LogP contribution in [-0.4, -0.2) is 17.8 Å². The van der Waals surface area contributed by atoms with Gasteiger partial charge in [-0.3, -0.25) is 0 Å². The fraction of sp³-hybridized carbons (Fsp3) is 0.400. The van der Waals surface area contributed by atoms with Crippen LogP contribution in [0.3, 0.4) is 0 Å². The van der Waals surface area contributed by atoms with Crippen molar-refractivity contribution in [1.29, 1.82) is 0 Å². The van der Waals surface area contributed by atoms with E-state index < -0.39 is 55.2 Å². The van der Waals surface area contributed by atoms with E-state index in [4.69, 9.17) is 0 Å². The Bertz CT molecular complexity index is 505. The molecule has 0 saturated carbocycles. The molecule has 0 bridgehead atoms. The molecule has 20 heavy (non-hydrogen) atoms. The van der Waals surface area contributed by atoms with E-state index in [1.54, 1.807) is 0 Å². The summed E-state index contributed by atoms with van der Waals surface area (Å²) in [5.74, 6) is -13.5. The van der Waals surface area contributed by atoms with E-state index in [1.165, 1.54) is 0 Å². The van der Waals surface area contributed by atoms with Gasteiger partial charge >= 0.3 is 108 Å². The van der Waals surface area contributed by atoms with E-state index in [-0.39, 0.29) is 4.67 Å².